The largest absolute Gasteiger partial charge is 0.298 e. The topological polar surface area (TPSA) is 12.4 Å². The van der Waals surface area contributed by atoms with Crippen LogP contribution >= 0.6 is 0 Å². The van der Waals surface area contributed by atoms with Gasteiger partial charge < -0.3 is 0 Å². The third kappa shape index (κ3) is 16.3. The molecular formula is C31H63NSi2. The molecule has 0 saturated heterocycles. The van der Waals surface area contributed by atoms with Crippen LogP contribution in [-0.2, 0) is 0 Å². The first-order valence-electron chi connectivity index (χ1n) is 15.3. The van der Waals surface area contributed by atoms with Crippen molar-refractivity contribution < 1.29 is 0 Å². The van der Waals surface area contributed by atoms with Gasteiger partial charge in [-0.1, -0.05) is 146 Å². The summed E-state index contributed by atoms with van der Waals surface area (Å²) in [7, 11) is -2.17. The van der Waals surface area contributed by atoms with E-state index in [9.17, 15) is 0 Å². The molecule has 0 aromatic heterocycles. The maximum atomic E-state index is 4.79. The fraction of sp³-hybridized carbons (Fsp3) is 0.839. The summed E-state index contributed by atoms with van der Waals surface area (Å²) < 4.78 is 0. The van der Waals surface area contributed by atoms with Crippen molar-refractivity contribution in [2.24, 2.45) is 4.99 Å². The van der Waals surface area contributed by atoms with Crippen LogP contribution < -0.4 is 0 Å². The highest BCUT2D eigenvalue weighted by molar-refractivity contribution is 6.80. The normalized spacial score (nSPS) is 13.2. The second kappa shape index (κ2) is 23.0. The molecule has 0 N–H and O–H groups in total. The van der Waals surface area contributed by atoms with E-state index in [4.69, 9.17) is 4.99 Å². The van der Waals surface area contributed by atoms with Crippen molar-refractivity contribution in [3.05, 3.63) is 24.3 Å². The second-order valence-electron chi connectivity index (χ2n) is 11.0. The maximum absolute atomic E-state index is 4.79. The lowest BCUT2D eigenvalue weighted by atomic mass is 10.1. The Balaban J connectivity index is 4.11. The van der Waals surface area contributed by atoms with Crippen LogP contribution in [0.15, 0.2) is 29.3 Å². The van der Waals surface area contributed by atoms with Crippen LogP contribution in [0.2, 0.25) is 48.4 Å². The smallest absolute Gasteiger partial charge is 0.0576 e. The molecule has 0 spiro atoms. The molecule has 1 nitrogen and oxygen atoms in total. The van der Waals surface area contributed by atoms with Crippen LogP contribution in [0.3, 0.4) is 0 Å². The van der Waals surface area contributed by atoms with Gasteiger partial charge in [-0.25, -0.2) is 0 Å². The Morgan fingerprint density at radius 2 is 0.971 bits per heavy atom. The van der Waals surface area contributed by atoms with E-state index in [2.05, 4.69) is 72.1 Å². The molecule has 200 valence electrons. The zero-order chi connectivity index (χ0) is 25.4. The van der Waals surface area contributed by atoms with Gasteiger partial charge >= 0.3 is 0 Å². The number of hydrogen-bond donors (Lipinski definition) is 0. The number of rotatable bonds is 24. The number of unbranched alkanes of at least 4 members (excludes halogenated alkanes) is 5. The molecule has 0 aliphatic carbocycles. The molecule has 0 heterocycles. The van der Waals surface area contributed by atoms with Crippen molar-refractivity contribution in [3.8, 4) is 0 Å². The van der Waals surface area contributed by atoms with Crippen LogP contribution in [0.25, 0.3) is 0 Å². The molecule has 0 fully saturated rings. The highest BCUT2D eigenvalue weighted by Crippen LogP contribution is 2.32. The standard InChI is InChI=1S/C31H63NSi2/c1-7-13-28-33(24-9-3,25-10-4)30-20-18-16-15-17-19-22-32-23-21-31-34(26-11-5,27-12-6)29-14-8-2/h7-8,13-14,23H,9-12,15-22,24-31H2,1-6H3/b13-7+,14-8+,32-23?. The SMILES string of the molecule is C/C=C/C[Si](CCC)(CCC)CCC=NCCCCCCCC[Si](C/C=C/C)(CCC)CCC. The minimum atomic E-state index is -1.12. The van der Waals surface area contributed by atoms with Crippen LogP contribution in [0.1, 0.15) is 112 Å². The summed E-state index contributed by atoms with van der Waals surface area (Å²) in [6.07, 6.45) is 26.9. The van der Waals surface area contributed by atoms with Crippen LogP contribution in [0.5, 0.6) is 0 Å². The number of hydrogen-bond acceptors (Lipinski definition) is 1. The first-order valence-corrected chi connectivity index (χ1v) is 20.9. The molecule has 0 bridgehead atoms. The van der Waals surface area contributed by atoms with Gasteiger partial charge in [0.2, 0.25) is 0 Å². The summed E-state index contributed by atoms with van der Waals surface area (Å²) in [6.45, 7) is 15.0. The average molecular weight is 506 g/mol. The number of nitrogens with zero attached hydrogens (tertiary/aromatic N) is 1. The van der Waals surface area contributed by atoms with Crippen molar-refractivity contribution in [2.75, 3.05) is 6.54 Å². The molecule has 0 rings (SSSR count). The minimum Gasteiger partial charge on any atom is -0.298 e. The lowest BCUT2D eigenvalue weighted by Gasteiger charge is -2.30. The lowest BCUT2D eigenvalue weighted by Crippen LogP contribution is -2.32. The molecular weight excluding hydrogens is 443 g/mol. The van der Waals surface area contributed by atoms with E-state index < -0.39 is 16.1 Å². The fourth-order valence-corrected chi connectivity index (χ4v) is 16.4. The lowest BCUT2D eigenvalue weighted by molar-refractivity contribution is 0.609. The van der Waals surface area contributed by atoms with Gasteiger partial charge in [-0.05, 0) is 45.0 Å². The summed E-state index contributed by atoms with van der Waals surface area (Å²) in [4.78, 5) is 4.79. The Bertz CT molecular complexity index is 512. The predicted molar refractivity (Wildman–Crippen MR) is 166 cm³/mol. The molecule has 0 aliphatic heterocycles. The minimum absolute atomic E-state index is 1.05. The molecule has 0 radical (unpaired) electrons. The van der Waals surface area contributed by atoms with Crippen molar-refractivity contribution in [3.63, 3.8) is 0 Å². The molecule has 0 atom stereocenters. The third-order valence-electron chi connectivity index (χ3n) is 7.87. The molecule has 0 unspecified atom stereocenters. The van der Waals surface area contributed by atoms with E-state index in [1.165, 1.54) is 101 Å². The zero-order valence-corrected chi connectivity index (χ0v) is 26.5. The van der Waals surface area contributed by atoms with E-state index in [-0.39, 0.29) is 0 Å². The molecule has 0 saturated carbocycles. The fourth-order valence-electron chi connectivity index (χ4n) is 6.18. The van der Waals surface area contributed by atoms with E-state index in [0.29, 0.717) is 0 Å². The number of allylic oxidation sites excluding steroid dienone is 4. The van der Waals surface area contributed by atoms with Gasteiger partial charge in [-0.15, -0.1) is 0 Å². The number of aliphatic imine (C=N–C) groups is 1. The van der Waals surface area contributed by atoms with E-state index in [1.807, 2.05) is 0 Å². The monoisotopic (exact) mass is 505 g/mol. The molecule has 34 heavy (non-hydrogen) atoms. The molecule has 3 heteroatoms. The van der Waals surface area contributed by atoms with Gasteiger partial charge in [0.15, 0.2) is 0 Å². The zero-order valence-electron chi connectivity index (χ0n) is 24.5. The third-order valence-corrected chi connectivity index (χ3v) is 19.1. The molecule has 0 aromatic carbocycles. The van der Waals surface area contributed by atoms with Crippen LogP contribution in [-0.4, -0.2) is 28.9 Å². The van der Waals surface area contributed by atoms with E-state index in [0.717, 1.165) is 6.54 Å². The summed E-state index contributed by atoms with van der Waals surface area (Å²) >= 11 is 0. The van der Waals surface area contributed by atoms with E-state index >= 15 is 0 Å². The molecule has 0 amide bonds. The van der Waals surface area contributed by atoms with Crippen molar-refractivity contribution >= 4 is 22.4 Å². The maximum Gasteiger partial charge on any atom is 0.0576 e. The average Bonchev–Trinajstić information content (AvgIpc) is 2.83. The highest BCUT2D eigenvalue weighted by atomic mass is 28.3. The Morgan fingerprint density at radius 3 is 1.44 bits per heavy atom. The van der Waals surface area contributed by atoms with Crippen LogP contribution in [0.4, 0.5) is 0 Å². The molecule has 0 aliphatic rings. The summed E-state index contributed by atoms with van der Waals surface area (Å²) in [5.74, 6) is 0. The second-order valence-corrected chi connectivity index (χ2v) is 20.9. The van der Waals surface area contributed by atoms with Gasteiger partial charge in [-0.3, -0.25) is 4.99 Å². The van der Waals surface area contributed by atoms with E-state index in [1.54, 1.807) is 18.1 Å². The van der Waals surface area contributed by atoms with Gasteiger partial charge in [0, 0.05) is 6.54 Å². The van der Waals surface area contributed by atoms with Gasteiger partial charge in [0.05, 0.1) is 16.1 Å². The van der Waals surface area contributed by atoms with Crippen molar-refractivity contribution in [1.82, 2.24) is 0 Å². The Kier molecular flexibility index (Phi) is 22.7. The van der Waals surface area contributed by atoms with Gasteiger partial charge in [0.25, 0.3) is 0 Å². The quantitative estimate of drug-likeness (QED) is 0.0535. The van der Waals surface area contributed by atoms with Crippen molar-refractivity contribution in [1.29, 1.82) is 0 Å². The first-order chi connectivity index (χ1) is 16.6. The highest BCUT2D eigenvalue weighted by Gasteiger charge is 2.29. The predicted octanol–water partition coefficient (Wildman–Crippen LogP) is 11.5. The molecule has 0 aromatic rings. The Hall–Kier alpha value is -0.416. The Morgan fingerprint density at radius 1 is 0.529 bits per heavy atom. The van der Waals surface area contributed by atoms with Gasteiger partial charge in [0.1, 0.15) is 0 Å². The van der Waals surface area contributed by atoms with Crippen molar-refractivity contribution in [2.45, 2.75) is 161 Å². The van der Waals surface area contributed by atoms with Gasteiger partial charge in [-0.2, -0.15) is 0 Å². The summed E-state index contributed by atoms with van der Waals surface area (Å²) in [5, 5.41) is 0. The Labute approximate surface area is 218 Å². The summed E-state index contributed by atoms with van der Waals surface area (Å²) in [6, 6.07) is 11.9. The summed E-state index contributed by atoms with van der Waals surface area (Å²) in [5.41, 5.74) is 0. The van der Waals surface area contributed by atoms with Crippen LogP contribution in [0, 0.1) is 0 Å². The first kappa shape index (κ1) is 33.6.